The Morgan fingerprint density at radius 1 is 0.821 bits per heavy atom. The number of rotatable bonds is 7. The Kier molecular flexibility index (Phi) is 5.86. The van der Waals surface area contributed by atoms with Crippen molar-refractivity contribution >= 4 is 28.7 Å². The summed E-state index contributed by atoms with van der Waals surface area (Å²) in [4.78, 5) is 6.91. The van der Waals surface area contributed by atoms with Crippen molar-refractivity contribution in [3.05, 3.63) is 84.1 Å². The number of nitrogens with zero attached hydrogens (tertiary/aromatic N) is 2. The van der Waals surface area contributed by atoms with E-state index in [0.29, 0.717) is 0 Å². The topological polar surface area (TPSA) is 15.6 Å². The van der Waals surface area contributed by atoms with E-state index in [1.807, 2.05) is 12.3 Å². The van der Waals surface area contributed by atoms with Gasteiger partial charge in [-0.15, -0.1) is 0 Å². The molecule has 0 saturated carbocycles. The van der Waals surface area contributed by atoms with Gasteiger partial charge < -0.3 is 4.90 Å². The van der Waals surface area contributed by atoms with E-state index in [4.69, 9.17) is 0 Å². The van der Waals surface area contributed by atoms with Gasteiger partial charge in [-0.1, -0.05) is 81.2 Å². The fourth-order valence-electron chi connectivity index (χ4n) is 3.89. The lowest BCUT2D eigenvalue weighted by Gasteiger charge is -2.27. The highest BCUT2D eigenvalue weighted by Gasteiger charge is 2.15. The summed E-state index contributed by atoms with van der Waals surface area (Å²) in [5.74, 6) is 0. The van der Waals surface area contributed by atoms with Gasteiger partial charge in [0.25, 0.3) is 0 Å². The van der Waals surface area contributed by atoms with E-state index in [2.05, 4.69) is 83.7 Å². The third-order valence-electron chi connectivity index (χ3n) is 5.46. The van der Waals surface area contributed by atoms with Gasteiger partial charge in [-0.25, -0.2) is 0 Å². The molecule has 2 nitrogen and oxygen atoms in total. The highest BCUT2D eigenvalue weighted by molar-refractivity contribution is 6.17. The maximum absolute atomic E-state index is 4.51. The molecule has 2 aliphatic heterocycles. The number of aliphatic imine (C=N–C) groups is 1. The first-order valence-corrected chi connectivity index (χ1v) is 10.5. The molecule has 0 atom stereocenters. The second-order valence-corrected chi connectivity index (χ2v) is 7.46. The summed E-state index contributed by atoms with van der Waals surface area (Å²) in [5.41, 5.74) is 7.31. The van der Waals surface area contributed by atoms with E-state index >= 15 is 0 Å². The number of hydrogen-bond acceptors (Lipinski definition) is 2. The van der Waals surface area contributed by atoms with Gasteiger partial charge in [0.1, 0.15) is 0 Å². The zero-order valence-corrected chi connectivity index (χ0v) is 16.6. The lowest BCUT2D eigenvalue weighted by molar-refractivity contribution is 0.633. The Bertz CT molecular complexity index is 946. The van der Waals surface area contributed by atoms with Crippen LogP contribution in [0.1, 0.15) is 50.2 Å². The van der Waals surface area contributed by atoms with Crippen LogP contribution in [0.3, 0.4) is 0 Å². The van der Waals surface area contributed by atoms with E-state index in [1.165, 1.54) is 60.1 Å². The number of anilines is 1. The van der Waals surface area contributed by atoms with Crippen LogP contribution in [0.15, 0.2) is 78.0 Å². The van der Waals surface area contributed by atoms with Crippen LogP contribution in [0.25, 0.3) is 11.1 Å². The molecule has 0 aliphatic carbocycles. The third kappa shape index (κ3) is 4.01. The number of unbranched alkanes of at least 4 members (excludes halogenated alkanes) is 4. The number of fused-ring (bicyclic) bond motifs is 2. The summed E-state index contributed by atoms with van der Waals surface area (Å²) >= 11 is 0. The Morgan fingerprint density at radius 3 is 2.46 bits per heavy atom. The van der Waals surface area contributed by atoms with Crippen LogP contribution in [-0.4, -0.2) is 12.8 Å². The monoisotopic (exact) mass is 368 g/mol. The van der Waals surface area contributed by atoms with Crippen molar-refractivity contribution in [2.24, 2.45) is 4.99 Å². The molecule has 0 aromatic heterocycles. The predicted octanol–water partition coefficient (Wildman–Crippen LogP) is 7.17. The highest BCUT2D eigenvalue weighted by Crippen LogP contribution is 2.34. The minimum absolute atomic E-state index is 1.06. The Hall–Kier alpha value is -2.87. The normalized spacial score (nSPS) is 17.4. The standard InChI is InChI=1S/C26H28N2/c1-2-3-4-5-10-18-28-19-17-21(24-12-7-9-14-26(24)28)15-16-22-20-27-25-13-8-6-11-23(22)25/h6-9,11-17,19-20H,2-5,10,18H2,1H3/b21-15-,22-16-. The molecule has 28 heavy (non-hydrogen) atoms. The lowest BCUT2D eigenvalue weighted by atomic mass is 9.98. The van der Waals surface area contributed by atoms with Crippen LogP contribution in [0.4, 0.5) is 11.4 Å². The molecule has 0 saturated heterocycles. The van der Waals surface area contributed by atoms with Gasteiger partial charge in [-0.3, -0.25) is 4.99 Å². The van der Waals surface area contributed by atoms with Crippen LogP contribution in [-0.2, 0) is 0 Å². The molecule has 0 spiro atoms. The van der Waals surface area contributed by atoms with Crippen molar-refractivity contribution in [2.45, 2.75) is 39.0 Å². The number of hydrogen-bond donors (Lipinski definition) is 0. The van der Waals surface area contributed by atoms with Crippen molar-refractivity contribution in [3.63, 3.8) is 0 Å². The average Bonchev–Trinajstić information content (AvgIpc) is 3.16. The second kappa shape index (κ2) is 8.88. The zero-order valence-electron chi connectivity index (χ0n) is 16.6. The maximum atomic E-state index is 4.51. The minimum atomic E-state index is 1.06. The molecule has 0 bridgehead atoms. The summed E-state index contributed by atoms with van der Waals surface area (Å²) in [5, 5.41) is 0. The van der Waals surface area contributed by atoms with E-state index in [0.717, 1.165) is 12.2 Å². The van der Waals surface area contributed by atoms with E-state index < -0.39 is 0 Å². The summed E-state index contributed by atoms with van der Waals surface area (Å²) < 4.78 is 0. The van der Waals surface area contributed by atoms with Crippen LogP contribution in [0, 0.1) is 0 Å². The molecule has 0 fully saturated rings. The molecule has 2 heteroatoms. The molecule has 0 amide bonds. The number of benzene rings is 2. The van der Waals surface area contributed by atoms with Gasteiger partial charge in [0.15, 0.2) is 0 Å². The van der Waals surface area contributed by atoms with Crippen LogP contribution >= 0.6 is 0 Å². The van der Waals surface area contributed by atoms with E-state index in [-0.39, 0.29) is 0 Å². The molecule has 2 heterocycles. The minimum Gasteiger partial charge on any atom is -0.347 e. The molecule has 2 aliphatic rings. The maximum Gasteiger partial charge on any atom is 0.0708 e. The number of allylic oxidation sites excluding steroid dienone is 5. The van der Waals surface area contributed by atoms with Gasteiger partial charge in [0.05, 0.1) is 5.69 Å². The summed E-state index contributed by atoms with van der Waals surface area (Å²) in [7, 11) is 0. The zero-order chi connectivity index (χ0) is 19.2. The molecular formula is C26H28N2. The molecule has 0 N–H and O–H groups in total. The van der Waals surface area contributed by atoms with Gasteiger partial charge in [0, 0.05) is 41.3 Å². The molecular weight excluding hydrogens is 340 g/mol. The van der Waals surface area contributed by atoms with Gasteiger partial charge in [0.2, 0.25) is 0 Å². The van der Waals surface area contributed by atoms with Crippen molar-refractivity contribution < 1.29 is 0 Å². The summed E-state index contributed by atoms with van der Waals surface area (Å²) in [6.45, 7) is 3.36. The van der Waals surface area contributed by atoms with E-state index in [1.54, 1.807) is 0 Å². The van der Waals surface area contributed by atoms with E-state index in [9.17, 15) is 0 Å². The molecule has 2 aromatic rings. The van der Waals surface area contributed by atoms with Crippen LogP contribution < -0.4 is 4.90 Å². The SMILES string of the molecule is CCCCCCCN1C=C/C(=C/C=C2/C=Nc3ccccc32)c2ccccc21. The van der Waals surface area contributed by atoms with Crippen molar-refractivity contribution in [1.29, 1.82) is 0 Å². The van der Waals surface area contributed by atoms with Crippen molar-refractivity contribution in [1.82, 2.24) is 0 Å². The highest BCUT2D eigenvalue weighted by atomic mass is 15.1. The smallest absolute Gasteiger partial charge is 0.0708 e. The van der Waals surface area contributed by atoms with Crippen LogP contribution in [0.2, 0.25) is 0 Å². The first kappa shape index (κ1) is 18.5. The molecule has 142 valence electrons. The molecule has 2 aromatic carbocycles. The van der Waals surface area contributed by atoms with Crippen LogP contribution in [0.5, 0.6) is 0 Å². The largest absolute Gasteiger partial charge is 0.347 e. The van der Waals surface area contributed by atoms with Gasteiger partial charge >= 0.3 is 0 Å². The molecule has 4 rings (SSSR count). The molecule has 0 unspecified atom stereocenters. The third-order valence-corrected chi connectivity index (χ3v) is 5.46. The van der Waals surface area contributed by atoms with Gasteiger partial charge in [-0.2, -0.15) is 0 Å². The Morgan fingerprint density at radius 2 is 1.57 bits per heavy atom. The lowest BCUT2D eigenvalue weighted by Crippen LogP contribution is -2.21. The molecule has 0 radical (unpaired) electrons. The quantitative estimate of drug-likeness (QED) is 0.473. The predicted molar refractivity (Wildman–Crippen MR) is 122 cm³/mol. The van der Waals surface area contributed by atoms with Crippen molar-refractivity contribution in [3.8, 4) is 0 Å². The first-order chi connectivity index (χ1) is 13.9. The van der Waals surface area contributed by atoms with Gasteiger partial charge in [-0.05, 0) is 30.2 Å². The Balaban J connectivity index is 1.52. The fraction of sp³-hybridized carbons (Fsp3) is 0.269. The first-order valence-electron chi connectivity index (χ1n) is 10.5. The summed E-state index contributed by atoms with van der Waals surface area (Å²) in [6, 6.07) is 17.0. The van der Waals surface area contributed by atoms with Crippen molar-refractivity contribution in [2.75, 3.05) is 11.4 Å². The fourth-order valence-corrected chi connectivity index (χ4v) is 3.89. The summed E-state index contributed by atoms with van der Waals surface area (Å²) in [6.07, 6.45) is 17.4. The second-order valence-electron chi connectivity index (χ2n) is 7.46. The number of para-hydroxylation sites is 2. The average molecular weight is 369 g/mol. The Labute approximate surface area is 168 Å².